The molecule has 4 nitrogen and oxygen atoms in total. The zero-order valence-corrected chi connectivity index (χ0v) is 10.6. The molecule has 0 aliphatic carbocycles. The van der Waals surface area contributed by atoms with Gasteiger partial charge in [0.05, 0.1) is 18.9 Å². The SMILES string of the molecule is COc1ccc(C(N)=S)c(Oc2cccnc2)c1. The van der Waals surface area contributed by atoms with Crippen molar-refractivity contribution in [1.82, 2.24) is 4.98 Å². The van der Waals surface area contributed by atoms with Crippen LogP contribution in [0.25, 0.3) is 0 Å². The first-order valence-corrected chi connectivity index (χ1v) is 5.67. The smallest absolute Gasteiger partial charge is 0.145 e. The molecule has 0 amide bonds. The number of nitrogens with two attached hydrogens (primary N) is 1. The van der Waals surface area contributed by atoms with E-state index in [0.717, 1.165) is 0 Å². The summed E-state index contributed by atoms with van der Waals surface area (Å²) in [6, 6.07) is 8.88. The Morgan fingerprint density at radius 1 is 1.28 bits per heavy atom. The van der Waals surface area contributed by atoms with Gasteiger partial charge in [-0.05, 0) is 24.3 Å². The van der Waals surface area contributed by atoms with Crippen molar-refractivity contribution < 1.29 is 9.47 Å². The number of rotatable bonds is 4. The Morgan fingerprint density at radius 2 is 2.11 bits per heavy atom. The lowest BCUT2D eigenvalue weighted by Crippen LogP contribution is -2.10. The van der Waals surface area contributed by atoms with Crippen LogP contribution in [0.2, 0.25) is 0 Å². The molecular formula is C13H12N2O2S. The van der Waals surface area contributed by atoms with Gasteiger partial charge in [-0.15, -0.1) is 0 Å². The molecule has 0 fully saturated rings. The number of benzene rings is 1. The van der Waals surface area contributed by atoms with Crippen molar-refractivity contribution in [3.8, 4) is 17.2 Å². The van der Waals surface area contributed by atoms with Gasteiger partial charge in [0.15, 0.2) is 0 Å². The van der Waals surface area contributed by atoms with Crippen molar-refractivity contribution in [3.05, 3.63) is 48.3 Å². The maximum absolute atomic E-state index is 5.70. The number of thiocarbonyl (C=S) groups is 1. The molecule has 1 aromatic heterocycles. The summed E-state index contributed by atoms with van der Waals surface area (Å²) in [5.74, 6) is 1.84. The minimum atomic E-state index is 0.275. The standard InChI is InChI=1S/C13H12N2O2S/c1-16-9-4-5-11(13(14)18)12(7-9)17-10-3-2-6-15-8-10/h2-8H,1H3,(H2,14,18). The van der Waals surface area contributed by atoms with Gasteiger partial charge in [0, 0.05) is 12.3 Å². The van der Waals surface area contributed by atoms with E-state index in [4.69, 9.17) is 27.4 Å². The number of hydrogen-bond donors (Lipinski definition) is 1. The van der Waals surface area contributed by atoms with E-state index in [9.17, 15) is 0 Å². The van der Waals surface area contributed by atoms with Crippen LogP contribution in [0.5, 0.6) is 17.2 Å². The normalized spacial score (nSPS) is 9.83. The Hall–Kier alpha value is -2.14. The summed E-state index contributed by atoms with van der Waals surface area (Å²) in [4.78, 5) is 4.25. The van der Waals surface area contributed by atoms with Crippen LogP contribution in [0.4, 0.5) is 0 Å². The first-order valence-electron chi connectivity index (χ1n) is 5.26. The van der Waals surface area contributed by atoms with Crippen LogP contribution in [0, 0.1) is 0 Å². The lowest BCUT2D eigenvalue weighted by atomic mass is 10.2. The molecule has 5 heteroatoms. The predicted octanol–water partition coefficient (Wildman–Crippen LogP) is 2.52. The van der Waals surface area contributed by atoms with E-state index >= 15 is 0 Å². The molecule has 0 spiro atoms. The number of hydrogen-bond acceptors (Lipinski definition) is 4. The van der Waals surface area contributed by atoms with E-state index in [-0.39, 0.29) is 4.99 Å². The highest BCUT2D eigenvalue weighted by molar-refractivity contribution is 7.80. The fourth-order valence-electron chi connectivity index (χ4n) is 1.45. The number of pyridine rings is 1. The molecule has 1 aromatic carbocycles. The predicted molar refractivity (Wildman–Crippen MR) is 73.2 cm³/mol. The van der Waals surface area contributed by atoms with E-state index in [1.165, 1.54) is 0 Å². The van der Waals surface area contributed by atoms with Crippen LogP contribution in [-0.2, 0) is 0 Å². The molecule has 0 atom stereocenters. The summed E-state index contributed by atoms with van der Waals surface area (Å²) in [5, 5.41) is 0. The lowest BCUT2D eigenvalue weighted by Gasteiger charge is -2.11. The van der Waals surface area contributed by atoms with E-state index in [1.807, 2.05) is 0 Å². The molecule has 0 aliphatic heterocycles. The summed E-state index contributed by atoms with van der Waals surface area (Å²) in [6.07, 6.45) is 3.29. The minimum absolute atomic E-state index is 0.275. The molecule has 0 saturated carbocycles. The first-order chi connectivity index (χ1) is 8.70. The van der Waals surface area contributed by atoms with E-state index < -0.39 is 0 Å². The zero-order chi connectivity index (χ0) is 13.0. The molecular weight excluding hydrogens is 248 g/mol. The van der Waals surface area contributed by atoms with Gasteiger partial charge >= 0.3 is 0 Å². The molecule has 0 unspecified atom stereocenters. The number of nitrogens with zero attached hydrogens (tertiary/aromatic N) is 1. The highest BCUT2D eigenvalue weighted by Crippen LogP contribution is 2.28. The van der Waals surface area contributed by atoms with Gasteiger partial charge in [-0.3, -0.25) is 4.98 Å². The molecule has 2 aromatic rings. The summed E-state index contributed by atoms with van der Waals surface area (Å²) < 4.78 is 10.9. The van der Waals surface area contributed by atoms with Crippen molar-refractivity contribution in [2.45, 2.75) is 0 Å². The van der Waals surface area contributed by atoms with Crippen LogP contribution in [0.3, 0.4) is 0 Å². The zero-order valence-electron chi connectivity index (χ0n) is 9.79. The van der Waals surface area contributed by atoms with Crippen LogP contribution in [0.15, 0.2) is 42.7 Å². The summed E-state index contributed by atoms with van der Waals surface area (Å²) >= 11 is 4.99. The van der Waals surface area contributed by atoms with Gasteiger partial charge in [-0.25, -0.2) is 0 Å². The first kappa shape index (κ1) is 12.3. The average Bonchev–Trinajstić information content (AvgIpc) is 2.39. The van der Waals surface area contributed by atoms with Gasteiger partial charge in [-0.1, -0.05) is 12.2 Å². The molecule has 92 valence electrons. The number of ether oxygens (including phenoxy) is 2. The van der Waals surface area contributed by atoms with E-state index in [1.54, 1.807) is 49.8 Å². The summed E-state index contributed by atoms with van der Waals surface area (Å²) in [5.41, 5.74) is 6.32. The number of aromatic nitrogens is 1. The third-order valence-electron chi connectivity index (χ3n) is 2.32. The molecule has 0 bridgehead atoms. The van der Waals surface area contributed by atoms with E-state index in [0.29, 0.717) is 22.8 Å². The minimum Gasteiger partial charge on any atom is -0.497 e. The highest BCUT2D eigenvalue weighted by atomic mass is 32.1. The van der Waals surface area contributed by atoms with E-state index in [2.05, 4.69) is 4.98 Å². The maximum atomic E-state index is 5.70. The Bertz CT molecular complexity index is 558. The summed E-state index contributed by atoms with van der Waals surface area (Å²) in [7, 11) is 1.59. The van der Waals surface area contributed by atoms with Crippen molar-refractivity contribution in [2.75, 3.05) is 7.11 Å². The second-order valence-corrected chi connectivity index (χ2v) is 3.96. The fourth-order valence-corrected chi connectivity index (χ4v) is 1.62. The molecule has 0 radical (unpaired) electrons. The fraction of sp³-hybridized carbons (Fsp3) is 0.0769. The van der Waals surface area contributed by atoms with Crippen LogP contribution < -0.4 is 15.2 Å². The summed E-state index contributed by atoms with van der Waals surface area (Å²) in [6.45, 7) is 0. The molecule has 2 N–H and O–H groups in total. The maximum Gasteiger partial charge on any atom is 0.145 e. The van der Waals surface area contributed by atoms with Gasteiger partial charge < -0.3 is 15.2 Å². The van der Waals surface area contributed by atoms with Crippen molar-refractivity contribution in [3.63, 3.8) is 0 Å². The molecule has 0 saturated heterocycles. The van der Waals surface area contributed by atoms with Crippen LogP contribution in [0.1, 0.15) is 5.56 Å². The molecule has 18 heavy (non-hydrogen) atoms. The van der Waals surface area contributed by atoms with Gasteiger partial charge in [-0.2, -0.15) is 0 Å². The Morgan fingerprint density at radius 3 is 2.72 bits per heavy atom. The highest BCUT2D eigenvalue weighted by Gasteiger charge is 2.09. The molecule has 1 heterocycles. The van der Waals surface area contributed by atoms with Crippen LogP contribution >= 0.6 is 12.2 Å². The van der Waals surface area contributed by atoms with Gasteiger partial charge in [0.2, 0.25) is 0 Å². The monoisotopic (exact) mass is 260 g/mol. The quantitative estimate of drug-likeness (QED) is 0.856. The van der Waals surface area contributed by atoms with Crippen molar-refractivity contribution in [2.24, 2.45) is 5.73 Å². The third-order valence-corrected chi connectivity index (χ3v) is 2.54. The Balaban J connectivity index is 2.38. The van der Waals surface area contributed by atoms with Crippen LogP contribution in [-0.4, -0.2) is 17.1 Å². The second-order valence-electron chi connectivity index (χ2n) is 3.52. The van der Waals surface area contributed by atoms with Crippen molar-refractivity contribution >= 4 is 17.2 Å². The lowest BCUT2D eigenvalue weighted by molar-refractivity contribution is 0.408. The second kappa shape index (κ2) is 5.46. The van der Waals surface area contributed by atoms with Crippen molar-refractivity contribution in [1.29, 1.82) is 0 Å². The molecule has 2 rings (SSSR count). The molecule has 0 aliphatic rings. The third kappa shape index (κ3) is 2.75. The Labute approximate surface area is 110 Å². The largest absolute Gasteiger partial charge is 0.497 e. The number of methoxy groups -OCH3 is 1. The van der Waals surface area contributed by atoms with Gasteiger partial charge in [0.1, 0.15) is 22.2 Å². The Kier molecular flexibility index (Phi) is 3.74. The topological polar surface area (TPSA) is 57.4 Å². The average molecular weight is 260 g/mol. The van der Waals surface area contributed by atoms with Gasteiger partial charge in [0.25, 0.3) is 0 Å².